The lowest BCUT2D eigenvalue weighted by atomic mass is 10.0. The first-order chi connectivity index (χ1) is 11.5. The lowest BCUT2D eigenvalue weighted by Crippen LogP contribution is -2.31. The van der Waals surface area contributed by atoms with Gasteiger partial charge < -0.3 is 16.2 Å². The highest BCUT2D eigenvalue weighted by Gasteiger charge is 2.13. The fourth-order valence-corrected chi connectivity index (χ4v) is 2.49. The molecule has 1 unspecified atom stereocenters. The van der Waals surface area contributed by atoms with Gasteiger partial charge in [-0.05, 0) is 43.5 Å². The summed E-state index contributed by atoms with van der Waals surface area (Å²) in [5.41, 5.74) is 7.13. The van der Waals surface area contributed by atoms with Crippen molar-refractivity contribution in [1.29, 1.82) is 0 Å². The Morgan fingerprint density at radius 2 is 1.88 bits per heavy atom. The zero-order valence-electron chi connectivity index (χ0n) is 13.7. The zero-order chi connectivity index (χ0) is 17.5. The predicted octanol–water partition coefficient (Wildman–Crippen LogP) is 2.57. The van der Waals surface area contributed by atoms with E-state index >= 15 is 0 Å². The lowest BCUT2D eigenvalue weighted by Gasteiger charge is -2.18. The summed E-state index contributed by atoms with van der Waals surface area (Å²) >= 11 is 0. The summed E-state index contributed by atoms with van der Waals surface area (Å²) in [6.45, 7) is 2.31. The van der Waals surface area contributed by atoms with Gasteiger partial charge in [-0.15, -0.1) is 0 Å². The second-order valence-corrected chi connectivity index (χ2v) is 5.95. The Morgan fingerprint density at radius 3 is 2.50 bits per heavy atom. The van der Waals surface area contributed by atoms with E-state index < -0.39 is 17.8 Å². The van der Waals surface area contributed by atoms with Crippen molar-refractivity contribution in [3.05, 3.63) is 71.0 Å². The van der Waals surface area contributed by atoms with Crippen molar-refractivity contribution in [1.82, 2.24) is 5.32 Å². The van der Waals surface area contributed by atoms with Gasteiger partial charge in [0.2, 0.25) is 5.91 Å². The summed E-state index contributed by atoms with van der Waals surface area (Å²) in [7, 11) is 0. The molecule has 0 saturated carbocycles. The van der Waals surface area contributed by atoms with Crippen molar-refractivity contribution in [2.45, 2.75) is 31.9 Å². The Morgan fingerprint density at radius 1 is 1.21 bits per heavy atom. The van der Waals surface area contributed by atoms with E-state index in [1.807, 2.05) is 19.1 Å². The van der Waals surface area contributed by atoms with Crippen LogP contribution in [0.25, 0.3) is 0 Å². The van der Waals surface area contributed by atoms with Crippen molar-refractivity contribution in [3.63, 3.8) is 0 Å². The molecule has 0 bridgehead atoms. The molecule has 0 aliphatic carbocycles. The van der Waals surface area contributed by atoms with Crippen molar-refractivity contribution < 1.29 is 14.3 Å². The number of aryl methyl sites for hydroxylation is 1. The van der Waals surface area contributed by atoms with Gasteiger partial charge in [0.05, 0.1) is 6.10 Å². The number of hydrogen-bond acceptors (Lipinski definition) is 3. The number of aliphatic hydroxyl groups excluding tert-OH is 1. The Kier molecular flexibility index (Phi) is 6.46. The van der Waals surface area contributed by atoms with Crippen LogP contribution in [0, 0.1) is 5.82 Å². The van der Waals surface area contributed by atoms with Crippen LogP contribution in [0.15, 0.2) is 48.5 Å². The highest BCUT2D eigenvalue weighted by Crippen LogP contribution is 2.16. The molecule has 0 aliphatic heterocycles. The first-order valence-electron chi connectivity index (χ1n) is 8.02. The summed E-state index contributed by atoms with van der Waals surface area (Å²) in [5.74, 6) is -0.826. The molecule has 2 atom stereocenters. The largest absolute Gasteiger partial charge is 0.387 e. The molecular formula is C19H23FN2O2. The average Bonchev–Trinajstić information content (AvgIpc) is 2.58. The number of carbonyl (C=O) groups excluding carboxylic acids is 1. The van der Waals surface area contributed by atoms with Gasteiger partial charge in [-0.3, -0.25) is 4.79 Å². The van der Waals surface area contributed by atoms with Crippen LogP contribution in [0.5, 0.6) is 0 Å². The molecule has 0 fully saturated rings. The van der Waals surface area contributed by atoms with Gasteiger partial charge >= 0.3 is 0 Å². The van der Waals surface area contributed by atoms with Gasteiger partial charge in [-0.1, -0.05) is 30.3 Å². The van der Waals surface area contributed by atoms with Crippen LogP contribution < -0.4 is 11.1 Å². The smallest absolute Gasteiger partial charge is 0.248 e. The van der Waals surface area contributed by atoms with Crippen LogP contribution in [0.1, 0.15) is 40.9 Å². The number of amides is 1. The monoisotopic (exact) mass is 330 g/mol. The Bertz CT molecular complexity index is 673. The van der Waals surface area contributed by atoms with Gasteiger partial charge in [0.15, 0.2) is 0 Å². The molecule has 5 heteroatoms. The third-order valence-electron chi connectivity index (χ3n) is 4.03. The number of hydrogen-bond donors (Lipinski definition) is 3. The van der Waals surface area contributed by atoms with E-state index in [-0.39, 0.29) is 6.04 Å². The topological polar surface area (TPSA) is 75.4 Å². The molecule has 128 valence electrons. The van der Waals surface area contributed by atoms with Gasteiger partial charge in [-0.25, -0.2) is 4.39 Å². The normalized spacial score (nSPS) is 13.5. The number of aliphatic hydroxyl groups is 1. The fraction of sp³-hybridized carbons (Fsp3) is 0.316. The Labute approximate surface area is 141 Å². The number of halogens is 1. The van der Waals surface area contributed by atoms with Crippen LogP contribution in [-0.2, 0) is 6.42 Å². The van der Waals surface area contributed by atoms with E-state index in [4.69, 9.17) is 5.73 Å². The summed E-state index contributed by atoms with van der Waals surface area (Å²) < 4.78 is 13.6. The second kappa shape index (κ2) is 8.57. The molecular weight excluding hydrogens is 307 g/mol. The van der Waals surface area contributed by atoms with Crippen molar-refractivity contribution >= 4 is 5.91 Å². The van der Waals surface area contributed by atoms with Gasteiger partial charge in [-0.2, -0.15) is 0 Å². The Balaban J connectivity index is 1.78. The summed E-state index contributed by atoms with van der Waals surface area (Å²) in [4.78, 5) is 11.0. The molecule has 0 saturated heterocycles. The Hall–Kier alpha value is -2.24. The lowest BCUT2D eigenvalue weighted by molar-refractivity contribution is 0.1000. The first-order valence-corrected chi connectivity index (χ1v) is 8.02. The third kappa shape index (κ3) is 5.15. The molecule has 0 aliphatic rings. The van der Waals surface area contributed by atoms with E-state index in [9.17, 15) is 14.3 Å². The van der Waals surface area contributed by atoms with E-state index in [2.05, 4.69) is 5.32 Å². The second-order valence-electron chi connectivity index (χ2n) is 5.95. The minimum atomic E-state index is -0.872. The fourth-order valence-electron chi connectivity index (χ4n) is 2.49. The highest BCUT2D eigenvalue weighted by molar-refractivity contribution is 5.92. The molecule has 2 aromatic rings. The van der Waals surface area contributed by atoms with E-state index in [1.54, 1.807) is 30.3 Å². The summed E-state index contributed by atoms with van der Waals surface area (Å²) in [6.07, 6.45) is 0.826. The molecule has 4 nitrogen and oxygen atoms in total. The van der Waals surface area contributed by atoms with Gasteiger partial charge in [0, 0.05) is 23.7 Å². The molecule has 0 aromatic heterocycles. The van der Waals surface area contributed by atoms with Crippen molar-refractivity contribution in [3.8, 4) is 0 Å². The maximum absolute atomic E-state index is 13.6. The molecule has 1 amide bonds. The van der Waals surface area contributed by atoms with Gasteiger partial charge in [0.1, 0.15) is 5.82 Å². The molecule has 2 aromatic carbocycles. The standard InChI is InChI=1S/C19H23FN2O2/c1-13(6-7-14-8-10-15(11-9-14)19(21)24)22-12-18(23)16-4-2-3-5-17(16)20/h2-5,8-11,13,18,22-23H,6-7,12H2,1H3,(H2,21,24)/t13-,18?/m1/s1. The minimum Gasteiger partial charge on any atom is -0.387 e. The van der Waals surface area contributed by atoms with Gasteiger partial charge in [0.25, 0.3) is 0 Å². The third-order valence-corrected chi connectivity index (χ3v) is 4.03. The summed E-state index contributed by atoms with van der Waals surface area (Å²) in [6, 6.07) is 13.6. The SMILES string of the molecule is C[C@H](CCc1ccc(C(N)=O)cc1)NCC(O)c1ccccc1F. The van der Waals surface area contributed by atoms with Crippen LogP contribution in [0.2, 0.25) is 0 Å². The summed E-state index contributed by atoms with van der Waals surface area (Å²) in [5, 5.41) is 13.3. The molecule has 24 heavy (non-hydrogen) atoms. The maximum Gasteiger partial charge on any atom is 0.248 e. The average molecular weight is 330 g/mol. The highest BCUT2D eigenvalue weighted by atomic mass is 19.1. The molecule has 2 rings (SSSR count). The molecule has 0 radical (unpaired) electrons. The van der Waals surface area contributed by atoms with Crippen molar-refractivity contribution in [2.24, 2.45) is 5.73 Å². The number of primary amides is 1. The first kappa shape index (κ1) is 18.1. The molecule has 0 spiro atoms. The van der Waals surface area contributed by atoms with E-state index in [1.165, 1.54) is 6.07 Å². The number of nitrogens with one attached hydrogen (secondary N) is 1. The number of carbonyl (C=O) groups is 1. The van der Waals surface area contributed by atoms with E-state index in [0.717, 1.165) is 18.4 Å². The number of nitrogens with two attached hydrogens (primary N) is 1. The maximum atomic E-state index is 13.6. The number of rotatable bonds is 8. The van der Waals surface area contributed by atoms with Crippen LogP contribution in [0.4, 0.5) is 4.39 Å². The van der Waals surface area contributed by atoms with Crippen LogP contribution in [-0.4, -0.2) is 23.6 Å². The van der Waals surface area contributed by atoms with Crippen molar-refractivity contribution in [2.75, 3.05) is 6.54 Å². The quantitative estimate of drug-likeness (QED) is 0.696. The molecule has 4 N–H and O–H groups in total. The van der Waals surface area contributed by atoms with E-state index in [0.29, 0.717) is 17.7 Å². The predicted molar refractivity (Wildman–Crippen MR) is 92.1 cm³/mol. The minimum absolute atomic E-state index is 0.169. The number of benzene rings is 2. The van der Waals surface area contributed by atoms with Crippen LogP contribution >= 0.6 is 0 Å². The van der Waals surface area contributed by atoms with Crippen LogP contribution in [0.3, 0.4) is 0 Å². The molecule has 0 heterocycles. The zero-order valence-corrected chi connectivity index (χ0v) is 13.7.